The summed E-state index contributed by atoms with van der Waals surface area (Å²) in [5.74, 6) is 0.455. The molecule has 2 aromatic carbocycles. The smallest absolute Gasteiger partial charge is 0.255 e. The van der Waals surface area contributed by atoms with Gasteiger partial charge in [0.05, 0.1) is 6.61 Å². The summed E-state index contributed by atoms with van der Waals surface area (Å²) >= 11 is 0. The normalized spacial score (nSPS) is 10.1. The molecule has 2 aromatic rings. The zero-order valence-corrected chi connectivity index (χ0v) is 14.2. The van der Waals surface area contributed by atoms with E-state index in [-0.39, 0.29) is 11.8 Å². The van der Waals surface area contributed by atoms with Crippen LogP contribution < -0.4 is 15.4 Å². The van der Waals surface area contributed by atoms with Gasteiger partial charge in [0.15, 0.2) is 0 Å². The number of aryl methyl sites for hydroxylation is 1. The summed E-state index contributed by atoms with van der Waals surface area (Å²) in [6, 6.07) is 12.4. The van der Waals surface area contributed by atoms with E-state index in [0.29, 0.717) is 30.0 Å². The number of anilines is 2. The Morgan fingerprint density at radius 3 is 2.33 bits per heavy atom. The summed E-state index contributed by atoms with van der Waals surface area (Å²) < 4.78 is 5.36. The maximum absolute atomic E-state index is 12.3. The molecule has 0 aliphatic rings. The van der Waals surface area contributed by atoms with Crippen molar-refractivity contribution in [2.24, 2.45) is 0 Å². The summed E-state index contributed by atoms with van der Waals surface area (Å²) in [4.78, 5) is 23.9. The third-order valence-electron chi connectivity index (χ3n) is 3.52. The molecule has 0 atom stereocenters. The highest BCUT2D eigenvalue weighted by Gasteiger charge is 2.09. The van der Waals surface area contributed by atoms with Crippen LogP contribution in [0.3, 0.4) is 0 Å². The molecular weight excluding hydrogens is 304 g/mol. The molecule has 0 unspecified atom stereocenters. The van der Waals surface area contributed by atoms with Crippen molar-refractivity contribution in [3.05, 3.63) is 53.6 Å². The molecule has 5 nitrogen and oxygen atoms in total. The van der Waals surface area contributed by atoms with Gasteiger partial charge >= 0.3 is 0 Å². The molecule has 2 N–H and O–H groups in total. The van der Waals surface area contributed by atoms with Crippen molar-refractivity contribution < 1.29 is 14.3 Å². The fraction of sp³-hybridized carbons (Fsp3) is 0.263. The minimum atomic E-state index is -0.213. The van der Waals surface area contributed by atoms with Crippen LogP contribution in [0.1, 0.15) is 36.2 Å². The van der Waals surface area contributed by atoms with Crippen LogP contribution in [-0.4, -0.2) is 18.4 Å². The molecule has 0 saturated carbocycles. The van der Waals surface area contributed by atoms with Crippen molar-refractivity contribution in [3.63, 3.8) is 0 Å². The molecule has 2 amide bonds. The van der Waals surface area contributed by atoms with Crippen LogP contribution in [0.2, 0.25) is 0 Å². The van der Waals surface area contributed by atoms with E-state index in [4.69, 9.17) is 4.74 Å². The number of carbonyl (C=O) groups excluding carboxylic acids is 2. The Bertz CT molecular complexity index is 724. The second-order valence-electron chi connectivity index (χ2n) is 5.34. The largest absolute Gasteiger partial charge is 0.494 e. The molecule has 0 aliphatic carbocycles. The molecule has 126 valence electrons. The lowest BCUT2D eigenvalue weighted by molar-refractivity contribution is -0.115. The molecule has 5 heteroatoms. The van der Waals surface area contributed by atoms with Crippen molar-refractivity contribution >= 4 is 23.2 Å². The molecule has 2 rings (SSSR count). The third kappa shape index (κ3) is 4.59. The first-order valence-electron chi connectivity index (χ1n) is 7.98. The van der Waals surface area contributed by atoms with Crippen molar-refractivity contribution in [2.45, 2.75) is 27.2 Å². The van der Waals surface area contributed by atoms with Crippen molar-refractivity contribution in [1.29, 1.82) is 0 Å². The Kier molecular flexibility index (Phi) is 5.95. The molecule has 0 aliphatic heterocycles. The number of benzene rings is 2. The molecule has 0 spiro atoms. The topological polar surface area (TPSA) is 67.4 Å². The van der Waals surface area contributed by atoms with Gasteiger partial charge in [-0.2, -0.15) is 0 Å². The monoisotopic (exact) mass is 326 g/mol. The maximum Gasteiger partial charge on any atom is 0.255 e. The van der Waals surface area contributed by atoms with E-state index in [2.05, 4.69) is 10.6 Å². The Labute approximate surface area is 142 Å². The van der Waals surface area contributed by atoms with E-state index in [0.717, 1.165) is 11.3 Å². The molecule has 0 bridgehead atoms. The average molecular weight is 326 g/mol. The first-order valence-corrected chi connectivity index (χ1v) is 7.98. The van der Waals surface area contributed by atoms with Crippen LogP contribution in [0, 0.1) is 6.92 Å². The summed E-state index contributed by atoms with van der Waals surface area (Å²) in [6.45, 7) is 6.19. The molecule has 0 saturated heterocycles. The van der Waals surface area contributed by atoms with Crippen LogP contribution in [0.15, 0.2) is 42.5 Å². The van der Waals surface area contributed by atoms with Gasteiger partial charge in [-0.05, 0) is 55.8 Å². The third-order valence-corrected chi connectivity index (χ3v) is 3.52. The second kappa shape index (κ2) is 8.15. The van der Waals surface area contributed by atoms with Gasteiger partial charge in [-0.3, -0.25) is 9.59 Å². The lowest BCUT2D eigenvalue weighted by Gasteiger charge is -2.11. The first kappa shape index (κ1) is 17.5. The van der Waals surface area contributed by atoms with Gasteiger partial charge in [0.1, 0.15) is 5.75 Å². The van der Waals surface area contributed by atoms with Gasteiger partial charge in [0.25, 0.3) is 5.91 Å². The lowest BCUT2D eigenvalue weighted by atomic mass is 10.1. The number of rotatable bonds is 6. The highest BCUT2D eigenvalue weighted by molar-refractivity contribution is 6.04. The second-order valence-corrected chi connectivity index (χ2v) is 5.34. The van der Waals surface area contributed by atoms with Gasteiger partial charge in [-0.1, -0.05) is 13.0 Å². The number of nitrogens with one attached hydrogen (secondary N) is 2. The number of carbonyl (C=O) groups is 2. The predicted octanol–water partition coefficient (Wildman–Crippen LogP) is 3.99. The van der Waals surface area contributed by atoms with Crippen LogP contribution >= 0.6 is 0 Å². The predicted molar refractivity (Wildman–Crippen MR) is 95.7 cm³/mol. The summed E-state index contributed by atoms with van der Waals surface area (Å²) in [5, 5.41) is 5.67. The molecular formula is C19H22N2O3. The number of hydrogen-bond acceptors (Lipinski definition) is 3. The lowest BCUT2D eigenvalue weighted by Crippen LogP contribution is -2.14. The van der Waals surface area contributed by atoms with Crippen molar-refractivity contribution in [2.75, 3.05) is 17.2 Å². The molecule has 0 radical (unpaired) electrons. The fourth-order valence-corrected chi connectivity index (χ4v) is 2.15. The van der Waals surface area contributed by atoms with Crippen molar-refractivity contribution in [3.8, 4) is 5.75 Å². The van der Waals surface area contributed by atoms with E-state index >= 15 is 0 Å². The Hall–Kier alpha value is -2.82. The zero-order chi connectivity index (χ0) is 17.5. The number of hydrogen-bond donors (Lipinski definition) is 2. The summed E-state index contributed by atoms with van der Waals surface area (Å²) in [7, 11) is 0. The van der Waals surface area contributed by atoms with E-state index in [9.17, 15) is 9.59 Å². The Balaban J connectivity index is 2.10. The molecule has 0 aromatic heterocycles. The average Bonchev–Trinajstić information content (AvgIpc) is 2.58. The molecule has 24 heavy (non-hydrogen) atoms. The zero-order valence-electron chi connectivity index (χ0n) is 14.2. The van der Waals surface area contributed by atoms with E-state index in [1.807, 2.05) is 26.0 Å². The Morgan fingerprint density at radius 2 is 1.71 bits per heavy atom. The van der Waals surface area contributed by atoms with Crippen LogP contribution in [-0.2, 0) is 4.79 Å². The fourth-order valence-electron chi connectivity index (χ4n) is 2.15. The first-order chi connectivity index (χ1) is 11.5. The highest BCUT2D eigenvalue weighted by Crippen LogP contribution is 2.21. The Morgan fingerprint density at radius 1 is 1.00 bits per heavy atom. The van der Waals surface area contributed by atoms with Crippen LogP contribution in [0.5, 0.6) is 5.75 Å². The van der Waals surface area contributed by atoms with E-state index < -0.39 is 0 Å². The minimum Gasteiger partial charge on any atom is -0.494 e. The summed E-state index contributed by atoms with van der Waals surface area (Å²) in [5.41, 5.74) is 2.81. The number of amides is 2. The van der Waals surface area contributed by atoms with Gasteiger partial charge in [-0.25, -0.2) is 0 Å². The maximum atomic E-state index is 12.3. The van der Waals surface area contributed by atoms with Gasteiger partial charge < -0.3 is 15.4 Å². The minimum absolute atomic E-state index is 0.0620. The van der Waals surface area contributed by atoms with E-state index in [1.54, 1.807) is 37.3 Å². The van der Waals surface area contributed by atoms with Gasteiger partial charge in [0.2, 0.25) is 5.91 Å². The van der Waals surface area contributed by atoms with Gasteiger partial charge in [0, 0.05) is 23.4 Å². The summed E-state index contributed by atoms with van der Waals surface area (Å²) in [6.07, 6.45) is 0.405. The SMILES string of the molecule is CCOc1ccc(C(=O)Nc2ccc(C)c(NC(=O)CC)c2)cc1. The van der Waals surface area contributed by atoms with E-state index in [1.165, 1.54) is 0 Å². The standard InChI is InChI=1S/C19H22N2O3/c1-4-18(22)21-17-12-15(9-6-13(17)3)20-19(23)14-7-10-16(11-8-14)24-5-2/h6-12H,4-5H2,1-3H3,(H,20,23)(H,21,22). The quantitative estimate of drug-likeness (QED) is 0.843. The van der Waals surface area contributed by atoms with Gasteiger partial charge in [-0.15, -0.1) is 0 Å². The molecule has 0 heterocycles. The highest BCUT2D eigenvalue weighted by atomic mass is 16.5. The van der Waals surface area contributed by atoms with Crippen molar-refractivity contribution in [1.82, 2.24) is 0 Å². The van der Waals surface area contributed by atoms with Crippen LogP contribution in [0.4, 0.5) is 11.4 Å². The number of ether oxygens (including phenoxy) is 1. The molecule has 0 fully saturated rings. The van der Waals surface area contributed by atoms with Crippen LogP contribution in [0.25, 0.3) is 0 Å².